The van der Waals surface area contributed by atoms with Crippen molar-refractivity contribution in [1.29, 1.82) is 0 Å². The maximum atomic E-state index is 12.4. The van der Waals surface area contributed by atoms with Crippen LogP contribution in [0.15, 0.2) is 18.2 Å². The number of carboxylic acid groups (broad SMARTS) is 2. The lowest BCUT2D eigenvalue weighted by atomic mass is 9.79. The Morgan fingerprint density at radius 1 is 1.00 bits per heavy atom. The molecular formula is C19H25NO5. The fourth-order valence-corrected chi connectivity index (χ4v) is 3.40. The summed E-state index contributed by atoms with van der Waals surface area (Å²) in [6, 6.07) is 3.67. The topological polar surface area (TPSA) is 104 Å². The van der Waals surface area contributed by atoms with Crippen LogP contribution in [-0.2, 0) is 4.79 Å². The van der Waals surface area contributed by atoms with Crippen molar-refractivity contribution in [3.63, 3.8) is 0 Å². The van der Waals surface area contributed by atoms with Crippen LogP contribution in [-0.4, -0.2) is 28.1 Å². The van der Waals surface area contributed by atoms with Gasteiger partial charge in [0.1, 0.15) is 0 Å². The lowest BCUT2D eigenvalue weighted by Crippen LogP contribution is -2.27. The first kappa shape index (κ1) is 19.0. The molecule has 1 fully saturated rings. The van der Waals surface area contributed by atoms with Gasteiger partial charge in [0.25, 0.3) is 0 Å². The SMILES string of the molecule is CCCCC1CCC(C(=O)Nc2cc(C(=O)O)cc(C(=O)O)c2)CC1. The van der Waals surface area contributed by atoms with Gasteiger partial charge in [0, 0.05) is 11.6 Å². The Morgan fingerprint density at radius 3 is 2.04 bits per heavy atom. The zero-order chi connectivity index (χ0) is 18.4. The van der Waals surface area contributed by atoms with E-state index in [1.54, 1.807) is 0 Å². The Morgan fingerprint density at radius 2 is 1.56 bits per heavy atom. The Bertz CT molecular complexity index is 615. The largest absolute Gasteiger partial charge is 0.478 e. The van der Waals surface area contributed by atoms with Crippen molar-refractivity contribution in [3.05, 3.63) is 29.3 Å². The van der Waals surface area contributed by atoms with Crippen molar-refractivity contribution in [1.82, 2.24) is 0 Å². The van der Waals surface area contributed by atoms with Gasteiger partial charge in [0.05, 0.1) is 11.1 Å². The number of hydrogen-bond donors (Lipinski definition) is 3. The predicted octanol–water partition coefficient (Wildman–Crippen LogP) is 4.02. The van der Waals surface area contributed by atoms with E-state index in [9.17, 15) is 14.4 Å². The summed E-state index contributed by atoms with van der Waals surface area (Å²) in [5.41, 5.74) is -0.0904. The number of nitrogens with one attached hydrogen (secondary N) is 1. The van der Waals surface area contributed by atoms with Crippen LogP contribution in [0.25, 0.3) is 0 Å². The quantitative estimate of drug-likeness (QED) is 0.691. The molecule has 1 aliphatic carbocycles. The molecule has 0 spiro atoms. The fraction of sp³-hybridized carbons (Fsp3) is 0.526. The van der Waals surface area contributed by atoms with E-state index in [-0.39, 0.29) is 28.6 Å². The summed E-state index contributed by atoms with van der Waals surface area (Å²) in [6.45, 7) is 2.18. The minimum Gasteiger partial charge on any atom is -0.478 e. The zero-order valence-corrected chi connectivity index (χ0v) is 14.5. The molecule has 1 aliphatic rings. The van der Waals surface area contributed by atoms with E-state index in [1.807, 2.05) is 0 Å². The molecule has 25 heavy (non-hydrogen) atoms. The number of aromatic carboxylic acids is 2. The molecule has 6 nitrogen and oxygen atoms in total. The van der Waals surface area contributed by atoms with Gasteiger partial charge in [-0.1, -0.05) is 26.2 Å². The van der Waals surface area contributed by atoms with Crippen molar-refractivity contribution in [2.75, 3.05) is 5.32 Å². The van der Waals surface area contributed by atoms with Gasteiger partial charge in [-0.3, -0.25) is 4.79 Å². The molecule has 0 heterocycles. The van der Waals surface area contributed by atoms with Crippen LogP contribution in [0.3, 0.4) is 0 Å². The number of unbranched alkanes of at least 4 members (excludes halogenated alkanes) is 1. The number of anilines is 1. The molecule has 136 valence electrons. The van der Waals surface area contributed by atoms with Gasteiger partial charge in [-0.2, -0.15) is 0 Å². The van der Waals surface area contributed by atoms with Crippen molar-refractivity contribution < 1.29 is 24.6 Å². The Hall–Kier alpha value is -2.37. The molecule has 1 aromatic rings. The van der Waals surface area contributed by atoms with Gasteiger partial charge < -0.3 is 15.5 Å². The Balaban J connectivity index is 2.01. The van der Waals surface area contributed by atoms with Crippen molar-refractivity contribution in [2.45, 2.75) is 51.9 Å². The van der Waals surface area contributed by atoms with E-state index in [2.05, 4.69) is 12.2 Å². The molecule has 0 saturated heterocycles. The molecule has 0 radical (unpaired) electrons. The third-order valence-corrected chi connectivity index (χ3v) is 4.88. The summed E-state index contributed by atoms with van der Waals surface area (Å²) in [7, 11) is 0. The molecular weight excluding hydrogens is 322 g/mol. The monoisotopic (exact) mass is 347 g/mol. The summed E-state index contributed by atoms with van der Waals surface area (Å²) in [5, 5.41) is 20.9. The average Bonchev–Trinajstić information content (AvgIpc) is 2.59. The minimum absolute atomic E-state index is 0.0976. The van der Waals surface area contributed by atoms with Gasteiger partial charge >= 0.3 is 11.9 Å². The molecule has 1 aromatic carbocycles. The van der Waals surface area contributed by atoms with Crippen LogP contribution in [0.1, 0.15) is 72.6 Å². The van der Waals surface area contributed by atoms with Gasteiger partial charge in [0.15, 0.2) is 0 Å². The molecule has 0 aliphatic heterocycles. The summed E-state index contributed by atoms with van der Waals surface area (Å²) in [5.74, 6) is -2.02. The predicted molar refractivity (Wildman–Crippen MR) is 94.0 cm³/mol. The van der Waals surface area contributed by atoms with Crippen LogP contribution in [0.2, 0.25) is 0 Å². The molecule has 1 amide bonds. The molecule has 3 N–H and O–H groups in total. The number of benzene rings is 1. The van der Waals surface area contributed by atoms with Crippen LogP contribution in [0, 0.1) is 11.8 Å². The molecule has 6 heteroatoms. The number of carbonyl (C=O) groups is 3. The number of rotatable bonds is 7. The first-order valence-electron chi connectivity index (χ1n) is 8.83. The fourth-order valence-electron chi connectivity index (χ4n) is 3.40. The first-order chi connectivity index (χ1) is 11.9. The summed E-state index contributed by atoms with van der Waals surface area (Å²) >= 11 is 0. The van der Waals surface area contributed by atoms with Gasteiger partial charge in [0.2, 0.25) is 5.91 Å². The minimum atomic E-state index is -1.23. The van der Waals surface area contributed by atoms with E-state index in [4.69, 9.17) is 10.2 Å². The summed E-state index contributed by atoms with van der Waals surface area (Å²) < 4.78 is 0. The number of amides is 1. The van der Waals surface area contributed by atoms with Crippen LogP contribution < -0.4 is 5.32 Å². The second kappa shape index (κ2) is 8.65. The second-order valence-corrected chi connectivity index (χ2v) is 6.76. The maximum absolute atomic E-state index is 12.4. The lowest BCUT2D eigenvalue weighted by molar-refractivity contribution is -0.121. The van der Waals surface area contributed by atoms with Gasteiger partial charge in [-0.05, 0) is 49.8 Å². The molecule has 1 saturated carbocycles. The Kier molecular flexibility index (Phi) is 6.56. The number of hydrogen-bond acceptors (Lipinski definition) is 3. The van der Waals surface area contributed by atoms with E-state index in [1.165, 1.54) is 31.4 Å². The number of carbonyl (C=O) groups excluding carboxylic acids is 1. The molecule has 0 atom stereocenters. The highest BCUT2D eigenvalue weighted by Crippen LogP contribution is 2.32. The summed E-state index contributed by atoms with van der Waals surface area (Å²) in [4.78, 5) is 34.7. The zero-order valence-electron chi connectivity index (χ0n) is 14.5. The van der Waals surface area contributed by atoms with Gasteiger partial charge in [-0.25, -0.2) is 9.59 Å². The van der Waals surface area contributed by atoms with Crippen LogP contribution in [0.4, 0.5) is 5.69 Å². The van der Waals surface area contributed by atoms with Gasteiger partial charge in [-0.15, -0.1) is 0 Å². The number of carboxylic acids is 2. The standard InChI is InChI=1S/C19H25NO5/c1-2-3-4-12-5-7-13(8-6-12)17(21)20-16-10-14(18(22)23)9-15(11-16)19(24)25/h9-13H,2-8H2,1H3,(H,20,21)(H,22,23)(H,24,25). The highest BCUT2D eigenvalue weighted by Gasteiger charge is 2.26. The molecule has 2 rings (SSSR count). The van der Waals surface area contributed by atoms with E-state index in [0.717, 1.165) is 31.7 Å². The molecule has 0 bridgehead atoms. The molecule has 0 aromatic heterocycles. The highest BCUT2D eigenvalue weighted by atomic mass is 16.4. The lowest BCUT2D eigenvalue weighted by Gasteiger charge is -2.27. The highest BCUT2D eigenvalue weighted by molar-refractivity contribution is 5.99. The van der Waals surface area contributed by atoms with E-state index < -0.39 is 11.9 Å². The van der Waals surface area contributed by atoms with Crippen molar-refractivity contribution in [3.8, 4) is 0 Å². The van der Waals surface area contributed by atoms with E-state index >= 15 is 0 Å². The maximum Gasteiger partial charge on any atom is 0.335 e. The van der Waals surface area contributed by atoms with E-state index in [0.29, 0.717) is 5.92 Å². The van der Waals surface area contributed by atoms with Crippen molar-refractivity contribution >= 4 is 23.5 Å². The third kappa shape index (κ3) is 5.31. The Labute approximate surface area is 147 Å². The smallest absolute Gasteiger partial charge is 0.335 e. The van der Waals surface area contributed by atoms with Crippen LogP contribution in [0.5, 0.6) is 0 Å². The summed E-state index contributed by atoms with van der Waals surface area (Å²) in [6.07, 6.45) is 7.34. The third-order valence-electron chi connectivity index (χ3n) is 4.88. The molecule has 0 unspecified atom stereocenters. The normalized spacial score (nSPS) is 20.0. The average molecular weight is 347 g/mol. The second-order valence-electron chi connectivity index (χ2n) is 6.76. The first-order valence-corrected chi connectivity index (χ1v) is 8.83. The van der Waals surface area contributed by atoms with Crippen LogP contribution >= 0.6 is 0 Å². The van der Waals surface area contributed by atoms with Crippen molar-refractivity contribution in [2.24, 2.45) is 11.8 Å².